The fraction of sp³-hybridized carbons (Fsp3) is 0.480. The highest BCUT2D eigenvalue weighted by Gasteiger charge is 2.02. The topological polar surface area (TPSA) is 57.0 Å². The molecule has 0 aromatic rings. The van der Waals surface area contributed by atoms with Crippen LogP contribution in [-0.2, 0) is 0 Å². The van der Waals surface area contributed by atoms with Gasteiger partial charge in [-0.1, -0.05) is 70.0 Å². The van der Waals surface area contributed by atoms with E-state index < -0.39 is 0 Å². The van der Waals surface area contributed by atoms with Crippen molar-refractivity contribution in [3.63, 3.8) is 0 Å². The fourth-order valence-electron chi connectivity index (χ4n) is 1.94. The SMILES string of the molecule is C=C/C=N/N/N=C/C=C/CCCCS(=C)CCC.CC(=C/C=C/O)/C=C/C(C)(C)C. The number of hydrogen-bond acceptors (Lipinski definition) is 4. The minimum absolute atomic E-state index is 0.220. The minimum atomic E-state index is 0.220. The van der Waals surface area contributed by atoms with Crippen LogP contribution in [0.15, 0.2) is 71.1 Å². The molecule has 0 aromatic carbocycles. The Morgan fingerprint density at radius 3 is 2.40 bits per heavy atom. The van der Waals surface area contributed by atoms with Gasteiger partial charge in [0.05, 0.1) is 6.26 Å². The summed E-state index contributed by atoms with van der Waals surface area (Å²) in [6, 6.07) is 0. The number of aliphatic hydroxyl groups is 1. The second-order valence-corrected chi connectivity index (χ2v) is 9.83. The minimum Gasteiger partial charge on any atom is -0.516 e. The highest BCUT2D eigenvalue weighted by atomic mass is 32.2. The van der Waals surface area contributed by atoms with Gasteiger partial charge in [0.1, 0.15) is 0 Å². The van der Waals surface area contributed by atoms with Gasteiger partial charge in [0.2, 0.25) is 0 Å². The van der Waals surface area contributed by atoms with Crippen LogP contribution in [0.3, 0.4) is 0 Å². The summed E-state index contributed by atoms with van der Waals surface area (Å²) in [5, 5.41) is 16.0. The molecular weight excluding hydrogens is 390 g/mol. The van der Waals surface area contributed by atoms with Crippen LogP contribution in [0.5, 0.6) is 0 Å². The number of nitrogens with one attached hydrogen (secondary N) is 1. The lowest BCUT2D eigenvalue weighted by atomic mass is 9.95. The van der Waals surface area contributed by atoms with E-state index in [-0.39, 0.29) is 5.41 Å². The fourth-order valence-corrected chi connectivity index (χ4v) is 3.34. The monoisotopic (exact) mass is 433 g/mol. The largest absolute Gasteiger partial charge is 0.516 e. The summed E-state index contributed by atoms with van der Waals surface area (Å²) < 4.78 is 0. The molecule has 0 aliphatic heterocycles. The molecule has 0 radical (unpaired) electrons. The highest BCUT2D eigenvalue weighted by molar-refractivity contribution is 8.14. The van der Waals surface area contributed by atoms with Gasteiger partial charge < -0.3 is 5.11 Å². The van der Waals surface area contributed by atoms with Gasteiger partial charge in [0.15, 0.2) is 0 Å². The Labute approximate surface area is 187 Å². The lowest BCUT2D eigenvalue weighted by Crippen LogP contribution is -1.98. The highest BCUT2D eigenvalue weighted by Crippen LogP contribution is 2.16. The lowest BCUT2D eigenvalue weighted by molar-refractivity contribution is 0.473. The van der Waals surface area contributed by atoms with Crippen LogP contribution in [0.2, 0.25) is 0 Å². The number of unbranched alkanes of at least 4 members (excludes halogenated alkanes) is 2. The van der Waals surface area contributed by atoms with Crippen molar-refractivity contribution in [2.45, 2.75) is 60.3 Å². The molecule has 0 aromatic heterocycles. The zero-order valence-electron chi connectivity index (χ0n) is 19.7. The first-order valence-electron chi connectivity index (χ1n) is 10.5. The maximum absolute atomic E-state index is 8.39. The lowest BCUT2D eigenvalue weighted by Gasteiger charge is -2.10. The van der Waals surface area contributed by atoms with E-state index in [0.29, 0.717) is 10.5 Å². The maximum atomic E-state index is 8.39. The van der Waals surface area contributed by atoms with Crippen LogP contribution < -0.4 is 5.53 Å². The molecule has 0 spiro atoms. The van der Waals surface area contributed by atoms with Gasteiger partial charge in [-0.2, -0.15) is 26.2 Å². The van der Waals surface area contributed by atoms with Gasteiger partial charge >= 0.3 is 0 Å². The molecule has 0 saturated heterocycles. The second-order valence-electron chi connectivity index (χ2n) is 7.79. The Hall–Kier alpha value is -2.14. The number of aliphatic hydroxyl groups excluding tert-OH is 1. The first kappa shape index (κ1) is 30.1. The summed E-state index contributed by atoms with van der Waals surface area (Å²) in [7, 11) is 0.382. The normalized spacial score (nSPS) is 14.1. The maximum Gasteiger partial charge on any atom is 0.0791 e. The number of nitrogens with zero attached hydrogens (tertiary/aromatic N) is 2. The Balaban J connectivity index is 0. The first-order valence-corrected chi connectivity index (χ1v) is 12.2. The van der Waals surface area contributed by atoms with Crippen molar-refractivity contribution in [2.75, 3.05) is 11.5 Å². The molecular formula is C25H43N3OS. The third-order valence-corrected chi connectivity index (χ3v) is 5.28. The van der Waals surface area contributed by atoms with Crippen molar-refractivity contribution >= 4 is 28.8 Å². The third kappa shape index (κ3) is 28.1. The van der Waals surface area contributed by atoms with Crippen molar-refractivity contribution in [3.05, 3.63) is 60.9 Å². The van der Waals surface area contributed by atoms with Gasteiger partial charge in [-0.05, 0) is 67.8 Å². The summed E-state index contributed by atoms with van der Waals surface area (Å²) in [5.41, 5.74) is 3.88. The molecule has 30 heavy (non-hydrogen) atoms. The van der Waals surface area contributed by atoms with E-state index >= 15 is 0 Å². The van der Waals surface area contributed by atoms with E-state index in [2.05, 4.69) is 74.1 Å². The van der Waals surface area contributed by atoms with E-state index in [1.54, 1.807) is 24.6 Å². The number of allylic oxidation sites excluding steroid dienone is 8. The first-order chi connectivity index (χ1) is 14.3. The molecule has 1 atom stereocenters. The van der Waals surface area contributed by atoms with Crippen molar-refractivity contribution in [3.8, 4) is 0 Å². The Morgan fingerprint density at radius 1 is 1.10 bits per heavy atom. The zero-order chi connectivity index (χ0) is 23.1. The van der Waals surface area contributed by atoms with E-state index in [1.165, 1.54) is 30.8 Å². The molecule has 0 aliphatic rings. The van der Waals surface area contributed by atoms with Crippen molar-refractivity contribution < 1.29 is 5.11 Å². The summed E-state index contributed by atoms with van der Waals surface area (Å²) in [6.07, 6.45) is 22.5. The molecule has 0 fully saturated rings. The quantitative estimate of drug-likeness (QED) is 0.0807. The Kier molecular flexibility index (Phi) is 21.6. The predicted molar refractivity (Wildman–Crippen MR) is 142 cm³/mol. The van der Waals surface area contributed by atoms with Crippen molar-refractivity contribution in [2.24, 2.45) is 15.6 Å². The van der Waals surface area contributed by atoms with Crippen LogP contribution in [0.25, 0.3) is 0 Å². The van der Waals surface area contributed by atoms with Crippen molar-refractivity contribution in [1.29, 1.82) is 0 Å². The molecule has 0 amide bonds. The number of rotatable bonds is 13. The van der Waals surface area contributed by atoms with E-state index in [4.69, 9.17) is 5.11 Å². The van der Waals surface area contributed by atoms with Crippen molar-refractivity contribution in [1.82, 2.24) is 5.53 Å². The second kappa shape index (κ2) is 21.6. The van der Waals surface area contributed by atoms with Gasteiger partial charge in [0.25, 0.3) is 0 Å². The predicted octanol–water partition coefficient (Wildman–Crippen LogP) is 7.18. The molecule has 0 aliphatic carbocycles. The van der Waals surface area contributed by atoms with Crippen LogP contribution in [0.1, 0.15) is 60.3 Å². The molecule has 170 valence electrons. The Morgan fingerprint density at radius 2 is 1.80 bits per heavy atom. The van der Waals surface area contributed by atoms with E-state index in [1.807, 2.05) is 19.1 Å². The zero-order valence-corrected chi connectivity index (χ0v) is 20.5. The molecule has 5 heteroatoms. The molecule has 2 N–H and O–H groups in total. The average molecular weight is 434 g/mol. The standard InChI is InChI=1S/C14H25N3S.C11H18O/c1-4-11-15-17-16-12-9-7-6-8-10-14-18(3)13-5-2;1-10(6-5-9-12)7-8-11(2,3)4/h4,7,9,11-12,17H,1,3,5-6,8,10,13-14H2,2H3;5-9,12H,1-4H3/b9-7+,15-11+,16-12+;8-7+,9-5+,10-6-. The summed E-state index contributed by atoms with van der Waals surface area (Å²) >= 11 is 0. The van der Waals surface area contributed by atoms with Gasteiger partial charge in [-0.15, -0.1) is 0 Å². The van der Waals surface area contributed by atoms with E-state index in [0.717, 1.165) is 18.3 Å². The van der Waals surface area contributed by atoms with Crippen LogP contribution in [0, 0.1) is 5.41 Å². The van der Waals surface area contributed by atoms with Crippen LogP contribution in [0.4, 0.5) is 0 Å². The molecule has 4 nitrogen and oxygen atoms in total. The molecule has 0 saturated carbocycles. The summed E-state index contributed by atoms with van der Waals surface area (Å²) in [4.78, 5) is 0. The van der Waals surface area contributed by atoms with Crippen LogP contribution in [-0.4, -0.2) is 34.9 Å². The molecule has 0 bridgehead atoms. The Bertz CT molecular complexity index is 621. The van der Waals surface area contributed by atoms with Gasteiger partial charge in [-0.25, -0.2) is 0 Å². The summed E-state index contributed by atoms with van der Waals surface area (Å²) in [6.45, 7) is 14.2. The molecule has 0 rings (SSSR count). The molecule has 0 heterocycles. The average Bonchev–Trinajstić information content (AvgIpc) is 2.69. The smallest absolute Gasteiger partial charge is 0.0791 e. The number of hydrogen-bond donors (Lipinski definition) is 2. The summed E-state index contributed by atoms with van der Waals surface area (Å²) in [5.74, 6) is 6.72. The van der Waals surface area contributed by atoms with Gasteiger partial charge in [-0.3, -0.25) is 0 Å². The molecule has 1 unspecified atom stereocenters. The van der Waals surface area contributed by atoms with Gasteiger partial charge in [0, 0.05) is 12.4 Å². The van der Waals surface area contributed by atoms with E-state index in [9.17, 15) is 0 Å². The number of hydrazone groups is 2. The van der Waals surface area contributed by atoms with Crippen LogP contribution >= 0.6 is 10.5 Å². The third-order valence-electron chi connectivity index (χ3n) is 3.43.